The summed E-state index contributed by atoms with van der Waals surface area (Å²) >= 11 is 0. The van der Waals surface area contributed by atoms with Gasteiger partial charge in [0.15, 0.2) is 11.5 Å². The largest absolute Gasteiger partial charge is 0.465 e. The molecule has 0 saturated heterocycles. The average Bonchev–Trinajstić information content (AvgIpc) is 3.20. The fourth-order valence-electron chi connectivity index (χ4n) is 3.40. The van der Waals surface area contributed by atoms with E-state index in [1.54, 1.807) is 60.8 Å². The van der Waals surface area contributed by atoms with Crippen molar-refractivity contribution in [1.82, 2.24) is 0 Å². The molecule has 1 N–H and O–H groups in total. The molecule has 0 aliphatic carbocycles. The van der Waals surface area contributed by atoms with E-state index >= 15 is 0 Å². The molecule has 2 aliphatic heterocycles. The first kappa shape index (κ1) is 21.7. The standard InChI is InChI=1S/C24H20N2O7/c1-30-23(28)17-8-5-6-12-26(21(17)24(29)31-2)18-9-4-3-7-16(18)22(27)25-15-10-11-19-20(13-15)33-14-32-19/h3-13H,14H2,1-2H3,(H,25,27). The number of rotatable bonds is 5. The van der Waals surface area contributed by atoms with Gasteiger partial charge in [-0.1, -0.05) is 18.2 Å². The zero-order valence-electron chi connectivity index (χ0n) is 17.9. The van der Waals surface area contributed by atoms with Gasteiger partial charge in [0.1, 0.15) is 5.70 Å². The SMILES string of the molecule is COC(=O)C1=C(C(=O)OC)N(c2ccccc2C(=O)Nc2ccc3c(c2)OCO3)C=CC=C1. The van der Waals surface area contributed by atoms with Crippen molar-refractivity contribution in [2.45, 2.75) is 0 Å². The molecule has 0 atom stereocenters. The van der Waals surface area contributed by atoms with Crippen molar-refractivity contribution in [2.75, 3.05) is 31.2 Å². The first-order chi connectivity index (χ1) is 16.0. The molecule has 0 radical (unpaired) electrons. The predicted molar refractivity (Wildman–Crippen MR) is 119 cm³/mol. The van der Waals surface area contributed by atoms with E-state index in [0.717, 1.165) is 0 Å². The lowest BCUT2D eigenvalue weighted by Crippen LogP contribution is -2.28. The quantitative estimate of drug-likeness (QED) is 0.696. The number of para-hydroxylation sites is 1. The van der Waals surface area contributed by atoms with E-state index in [1.165, 1.54) is 25.2 Å². The molecule has 33 heavy (non-hydrogen) atoms. The summed E-state index contributed by atoms with van der Waals surface area (Å²) in [6.45, 7) is 0.121. The maximum Gasteiger partial charge on any atom is 0.355 e. The van der Waals surface area contributed by atoms with Gasteiger partial charge in [-0.05, 0) is 36.4 Å². The van der Waals surface area contributed by atoms with Crippen molar-refractivity contribution in [1.29, 1.82) is 0 Å². The minimum Gasteiger partial charge on any atom is -0.465 e. The Morgan fingerprint density at radius 2 is 1.70 bits per heavy atom. The van der Waals surface area contributed by atoms with E-state index in [4.69, 9.17) is 18.9 Å². The van der Waals surface area contributed by atoms with Crippen molar-refractivity contribution >= 4 is 29.2 Å². The summed E-state index contributed by atoms with van der Waals surface area (Å²) in [7, 11) is 2.42. The summed E-state index contributed by atoms with van der Waals surface area (Å²) in [5.74, 6) is -0.792. The molecular formula is C24H20N2O7. The van der Waals surface area contributed by atoms with Crippen molar-refractivity contribution in [3.8, 4) is 11.5 Å². The summed E-state index contributed by atoms with van der Waals surface area (Å²) in [5.41, 5.74) is 1.02. The van der Waals surface area contributed by atoms with Crippen LogP contribution in [0.3, 0.4) is 0 Å². The Balaban J connectivity index is 1.74. The lowest BCUT2D eigenvalue weighted by Gasteiger charge is -2.25. The number of anilines is 2. The highest BCUT2D eigenvalue weighted by atomic mass is 16.7. The number of allylic oxidation sites excluding steroid dienone is 2. The Morgan fingerprint density at radius 1 is 0.939 bits per heavy atom. The second-order valence-electron chi connectivity index (χ2n) is 6.86. The van der Waals surface area contributed by atoms with Crippen LogP contribution in [-0.2, 0) is 19.1 Å². The van der Waals surface area contributed by atoms with E-state index < -0.39 is 17.8 Å². The molecule has 0 fully saturated rings. The maximum atomic E-state index is 13.2. The van der Waals surface area contributed by atoms with E-state index in [0.29, 0.717) is 22.9 Å². The summed E-state index contributed by atoms with van der Waals surface area (Å²) in [6, 6.07) is 11.7. The highest BCUT2D eigenvalue weighted by molar-refractivity contribution is 6.11. The number of carbonyl (C=O) groups excluding carboxylic acids is 3. The predicted octanol–water partition coefficient (Wildman–Crippen LogP) is 3.16. The van der Waals surface area contributed by atoms with Crippen molar-refractivity contribution in [3.05, 3.63) is 83.7 Å². The second kappa shape index (κ2) is 9.31. The Morgan fingerprint density at radius 3 is 2.48 bits per heavy atom. The zero-order valence-corrected chi connectivity index (χ0v) is 17.9. The number of amides is 1. The van der Waals surface area contributed by atoms with Crippen LogP contribution in [0.1, 0.15) is 10.4 Å². The van der Waals surface area contributed by atoms with Gasteiger partial charge in [-0.15, -0.1) is 0 Å². The lowest BCUT2D eigenvalue weighted by atomic mass is 10.1. The second-order valence-corrected chi connectivity index (χ2v) is 6.86. The van der Waals surface area contributed by atoms with E-state index in [1.807, 2.05) is 0 Å². The summed E-state index contributed by atoms with van der Waals surface area (Å²) in [6.07, 6.45) is 6.23. The number of hydrogen-bond acceptors (Lipinski definition) is 8. The van der Waals surface area contributed by atoms with Crippen molar-refractivity contribution < 1.29 is 33.3 Å². The molecule has 0 spiro atoms. The lowest BCUT2D eigenvalue weighted by molar-refractivity contribution is -0.139. The molecule has 9 heteroatoms. The highest BCUT2D eigenvalue weighted by Gasteiger charge is 2.29. The molecule has 2 aromatic rings. The molecule has 1 amide bonds. The topological polar surface area (TPSA) is 103 Å². The van der Waals surface area contributed by atoms with Crippen LogP contribution in [0, 0.1) is 0 Å². The summed E-state index contributed by atoms with van der Waals surface area (Å²) in [4.78, 5) is 39.7. The molecule has 168 valence electrons. The van der Waals surface area contributed by atoms with Gasteiger partial charge in [-0.25, -0.2) is 9.59 Å². The van der Waals surface area contributed by atoms with Crippen LogP contribution in [0.2, 0.25) is 0 Å². The number of hydrogen-bond donors (Lipinski definition) is 1. The third-order valence-electron chi connectivity index (χ3n) is 4.93. The van der Waals surface area contributed by atoms with Gasteiger partial charge in [-0.3, -0.25) is 4.79 Å². The van der Waals surface area contributed by atoms with Gasteiger partial charge in [0.25, 0.3) is 5.91 Å². The molecule has 9 nitrogen and oxygen atoms in total. The van der Waals surface area contributed by atoms with Gasteiger partial charge in [0.2, 0.25) is 6.79 Å². The molecule has 0 saturated carbocycles. The first-order valence-electron chi connectivity index (χ1n) is 9.88. The van der Waals surface area contributed by atoms with Gasteiger partial charge in [0, 0.05) is 18.0 Å². The van der Waals surface area contributed by atoms with Gasteiger partial charge < -0.3 is 29.2 Å². The normalized spacial score (nSPS) is 14.1. The zero-order chi connectivity index (χ0) is 23.4. The number of benzene rings is 2. The number of nitrogens with zero attached hydrogens (tertiary/aromatic N) is 1. The number of nitrogens with one attached hydrogen (secondary N) is 1. The number of methoxy groups -OCH3 is 2. The first-order valence-corrected chi connectivity index (χ1v) is 9.88. The van der Waals surface area contributed by atoms with Gasteiger partial charge in [0.05, 0.1) is 31.0 Å². The Bertz CT molecular complexity index is 1210. The van der Waals surface area contributed by atoms with Crippen molar-refractivity contribution in [3.63, 3.8) is 0 Å². The van der Waals surface area contributed by atoms with E-state index in [9.17, 15) is 14.4 Å². The summed E-state index contributed by atoms with van der Waals surface area (Å²) < 4.78 is 20.4. The van der Waals surface area contributed by atoms with Crippen LogP contribution >= 0.6 is 0 Å². The number of ether oxygens (including phenoxy) is 4. The molecule has 2 heterocycles. The number of carbonyl (C=O) groups is 3. The molecule has 2 aliphatic rings. The van der Waals surface area contributed by atoms with Crippen LogP contribution in [0.5, 0.6) is 11.5 Å². The van der Waals surface area contributed by atoms with Crippen LogP contribution in [0.15, 0.2) is 78.2 Å². The van der Waals surface area contributed by atoms with Gasteiger partial charge >= 0.3 is 11.9 Å². The van der Waals surface area contributed by atoms with E-state index in [-0.39, 0.29) is 23.6 Å². The Hall–Kier alpha value is -4.53. The molecule has 0 unspecified atom stereocenters. The molecular weight excluding hydrogens is 428 g/mol. The average molecular weight is 448 g/mol. The van der Waals surface area contributed by atoms with Crippen LogP contribution in [0.25, 0.3) is 0 Å². The Kier molecular flexibility index (Phi) is 6.12. The number of esters is 2. The van der Waals surface area contributed by atoms with Gasteiger partial charge in [-0.2, -0.15) is 0 Å². The molecule has 0 bridgehead atoms. The number of fused-ring (bicyclic) bond motifs is 1. The minimum absolute atomic E-state index is 0.0136. The highest BCUT2D eigenvalue weighted by Crippen LogP contribution is 2.35. The molecule has 4 rings (SSSR count). The van der Waals surface area contributed by atoms with Crippen LogP contribution in [0.4, 0.5) is 11.4 Å². The van der Waals surface area contributed by atoms with Crippen LogP contribution in [-0.4, -0.2) is 38.9 Å². The van der Waals surface area contributed by atoms with Crippen molar-refractivity contribution in [2.24, 2.45) is 0 Å². The van der Waals surface area contributed by atoms with E-state index in [2.05, 4.69) is 5.32 Å². The molecule has 2 aromatic carbocycles. The Labute approximate surface area is 189 Å². The third-order valence-corrected chi connectivity index (χ3v) is 4.93. The fourth-order valence-corrected chi connectivity index (χ4v) is 3.40. The summed E-state index contributed by atoms with van der Waals surface area (Å²) in [5, 5.41) is 2.82. The monoisotopic (exact) mass is 448 g/mol. The third kappa shape index (κ3) is 4.29. The maximum absolute atomic E-state index is 13.2. The fraction of sp³-hybridized carbons (Fsp3) is 0.125. The minimum atomic E-state index is -0.766. The molecule has 0 aromatic heterocycles. The smallest absolute Gasteiger partial charge is 0.355 e. The van der Waals surface area contributed by atoms with Crippen LogP contribution < -0.4 is 19.7 Å².